The predicted molar refractivity (Wildman–Crippen MR) is 93.3 cm³/mol. The number of nitrogens with one attached hydrogen (secondary N) is 2. The lowest BCUT2D eigenvalue weighted by molar-refractivity contribution is -0.119. The van der Waals surface area contributed by atoms with E-state index < -0.39 is 0 Å². The van der Waals surface area contributed by atoms with Gasteiger partial charge in [-0.05, 0) is 30.3 Å². The van der Waals surface area contributed by atoms with E-state index in [9.17, 15) is 4.79 Å². The second kappa shape index (κ2) is 9.58. The molecule has 0 aliphatic carbocycles. The van der Waals surface area contributed by atoms with Crippen LogP contribution in [0.5, 0.6) is 0 Å². The first-order valence-electron chi connectivity index (χ1n) is 7.96. The van der Waals surface area contributed by atoms with Crippen LogP contribution >= 0.6 is 0 Å². The maximum atomic E-state index is 12.2. The minimum atomic E-state index is 0.0237. The molecular formula is C18H24N4O. The molecule has 1 amide bonds. The number of hydrogen-bond donors (Lipinski definition) is 2. The van der Waals surface area contributed by atoms with Crippen LogP contribution in [0.4, 0.5) is 5.69 Å². The zero-order chi connectivity index (χ0) is 16.3. The number of benzene rings is 1. The van der Waals surface area contributed by atoms with Crippen LogP contribution < -0.4 is 15.5 Å². The maximum Gasteiger partial charge on any atom is 0.239 e. The molecule has 0 aliphatic heterocycles. The average Bonchev–Trinajstić information content (AvgIpc) is 2.60. The molecule has 5 nitrogen and oxygen atoms in total. The summed E-state index contributed by atoms with van der Waals surface area (Å²) >= 11 is 0. The standard InChI is InChI=1S/C18H24N4O/c1-2-19-11-12-21-18(23)15-22(17-8-4-3-5-9-17)14-16-7-6-10-20-13-16/h3-10,13,19H,2,11-12,14-15H2,1H3,(H,21,23). The molecule has 0 saturated carbocycles. The van der Waals surface area contributed by atoms with E-state index in [1.54, 1.807) is 6.20 Å². The molecule has 0 spiro atoms. The zero-order valence-corrected chi connectivity index (χ0v) is 13.5. The third-order valence-electron chi connectivity index (χ3n) is 3.43. The van der Waals surface area contributed by atoms with Crippen LogP contribution in [-0.2, 0) is 11.3 Å². The molecule has 0 fully saturated rings. The Labute approximate surface area is 137 Å². The average molecular weight is 312 g/mol. The summed E-state index contributed by atoms with van der Waals surface area (Å²) in [6, 6.07) is 13.9. The molecule has 1 aromatic carbocycles. The minimum absolute atomic E-state index is 0.0237. The van der Waals surface area contributed by atoms with E-state index in [2.05, 4.69) is 20.5 Å². The molecule has 0 aliphatic rings. The Morgan fingerprint density at radius 1 is 1.13 bits per heavy atom. The largest absolute Gasteiger partial charge is 0.358 e. The van der Waals surface area contributed by atoms with Crippen LogP contribution in [0, 0.1) is 0 Å². The Bertz CT molecular complexity index is 574. The van der Waals surface area contributed by atoms with Crippen LogP contribution in [0.15, 0.2) is 54.9 Å². The van der Waals surface area contributed by atoms with Gasteiger partial charge in [-0.2, -0.15) is 0 Å². The van der Waals surface area contributed by atoms with Gasteiger partial charge in [0.25, 0.3) is 0 Å². The van der Waals surface area contributed by atoms with Crippen LogP contribution in [0.1, 0.15) is 12.5 Å². The van der Waals surface area contributed by atoms with E-state index in [1.165, 1.54) is 0 Å². The molecule has 0 radical (unpaired) electrons. The van der Waals surface area contributed by atoms with Crippen molar-refractivity contribution in [3.63, 3.8) is 0 Å². The van der Waals surface area contributed by atoms with Gasteiger partial charge in [0, 0.05) is 37.7 Å². The fourth-order valence-electron chi connectivity index (χ4n) is 2.29. The van der Waals surface area contributed by atoms with E-state index in [-0.39, 0.29) is 5.91 Å². The highest BCUT2D eigenvalue weighted by Crippen LogP contribution is 2.16. The fraction of sp³-hybridized carbons (Fsp3) is 0.333. The SMILES string of the molecule is CCNCCNC(=O)CN(Cc1cccnc1)c1ccccc1. The number of anilines is 1. The second-order valence-corrected chi connectivity index (χ2v) is 5.26. The summed E-state index contributed by atoms with van der Waals surface area (Å²) in [7, 11) is 0. The molecule has 5 heteroatoms. The highest BCUT2D eigenvalue weighted by molar-refractivity contribution is 5.81. The van der Waals surface area contributed by atoms with Gasteiger partial charge in [-0.15, -0.1) is 0 Å². The highest BCUT2D eigenvalue weighted by Gasteiger charge is 2.12. The molecule has 2 N–H and O–H groups in total. The van der Waals surface area contributed by atoms with Crippen LogP contribution in [0.3, 0.4) is 0 Å². The van der Waals surface area contributed by atoms with Crippen LogP contribution in [0.25, 0.3) is 0 Å². The van der Waals surface area contributed by atoms with E-state index >= 15 is 0 Å². The summed E-state index contributed by atoms with van der Waals surface area (Å²) in [5, 5.41) is 6.14. The van der Waals surface area contributed by atoms with E-state index in [0.717, 1.165) is 24.3 Å². The van der Waals surface area contributed by atoms with Crippen LogP contribution in [-0.4, -0.2) is 37.1 Å². The van der Waals surface area contributed by atoms with Gasteiger partial charge in [0.1, 0.15) is 0 Å². The number of rotatable bonds is 9. The fourth-order valence-corrected chi connectivity index (χ4v) is 2.29. The van der Waals surface area contributed by atoms with Crippen molar-refractivity contribution in [2.24, 2.45) is 0 Å². The van der Waals surface area contributed by atoms with Gasteiger partial charge >= 0.3 is 0 Å². The quantitative estimate of drug-likeness (QED) is 0.694. The van der Waals surface area contributed by atoms with Gasteiger partial charge in [0.2, 0.25) is 5.91 Å². The second-order valence-electron chi connectivity index (χ2n) is 5.26. The molecule has 1 heterocycles. The number of pyridine rings is 1. The molecule has 0 unspecified atom stereocenters. The summed E-state index contributed by atoms with van der Waals surface area (Å²) in [5.41, 5.74) is 2.11. The van der Waals surface area contributed by atoms with Gasteiger partial charge in [-0.1, -0.05) is 31.2 Å². The lowest BCUT2D eigenvalue weighted by Gasteiger charge is -2.24. The van der Waals surface area contributed by atoms with Crippen molar-refractivity contribution in [3.05, 3.63) is 60.4 Å². The molecule has 1 aromatic heterocycles. The van der Waals surface area contributed by atoms with Crippen molar-refractivity contribution in [1.82, 2.24) is 15.6 Å². The molecule has 122 valence electrons. The lowest BCUT2D eigenvalue weighted by Crippen LogP contribution is -2.39. The molecule has 0 atom stereocenters. The summed E-state index contributed by atoms with van der Waals surface area (Å²) in [6.07, 6.45) is 3.59. The monoisotopic (exact) mass is 312 g/mol. The maximum absolute atomic E-state index is 12.2. The topological polar surface area (TPSA) is 57.3 Å². The first kappa shape index (κ1) is 17.0. The number of carbonyl (C=O) groups excluding carboxylic acids is 1. The Balaban J connectivity index is 1.98. The Kier molecular flexibility index (Phi) is 7.07. The number of likely N-dealkylation sites (N-methyl/N-ethyl adjacent to an activating group) is 1. The van der Waals surface area contributed by atoms with Crippen molar-refractivity contribution in [3.8, 4) is 0 Å². The Morgan fingerprint density at radius 2 is 1.96 bits per heavy atom. The van der Waals surface area contributed by atoms with Gasteiger partial charge in [0.15, 0.2) is 0 Å². The zero-order valence-electron chi connectivity index (χ0n) is 13.5. The van der Waals surface area contributed by atoms with Crippen molar-refractivity contribution in [1.29, 1.82) is 0 Å². The third kappa shape index (κ3) is 6.08. The number of hydrogen-bond acceptors (Lipinski definition) is 4. The Morgan fingerprint density at radius 3 is 2.65 bits per heavy atom. The van der Waals surface area contributed by atoms with Crippen LogP contribution in [0.2, 0.25) is 0 Å². The van der Waals surface area contributed by atoms with Crippen molar-refractivity contribution in [2.75, 3.05) is 31.1 Å². The van der Waals surface area contributed by atoms with E-state index in [4.69, 9.17) is 0 Å². The summed E-state index contributed by atoms with van der Waals surface area (Å²) in [5.74, 6) is 0.0237. The van der Waals surface area contributed by atoms with E-state index in [1.807, 2.05) is 55.6 Å². The highest BCUT2D eigenvalue weighted by atomic mass is 16.2. The summed E-state index contributed by atoms with van der Waals surface area (Å²) in [4.78, 5) is 18.4. The number of aromatic nitrogens is 1. The normalized spacial score (nSPS) is 10.3. The van der Waals surface area contributed by atoms with Gasteiger partial charge in [-0.25, -0.2) is 0 Å². The Hall–Kier alpha value is -2.40. The number of nitrogens with zero attached hydrogens (tertiary/aromatic N) is 2. The smallest absolute Gasteiger partial charge is 0.239 e. The molecule has 23 heavy (non-hydrogen) atoms. The van der Waals surface area contributed by atoms with Gasteiger partial charge in [-0.3, -0.25) is 9.78 Å². The lowest BCUT2D eigenvalue weighted by atomic mass is 10.2. The first-order valence-corrected chi connectivity index (χ1v) is 7.96. The molecule has 2 aromatic rings. The number of para-hydroxylation sites is 1. The van der Waals surface area contributed by atoms with Crippen molar-refractivity contribution >= 4 is 11.6 Å². The molecular weight excluding hydrogens is 288 g/mol. The number of amides is 1. The van der Waals surface area contributed by atoms with E-state index in [0.29, 0.717) is 19.6 Å². The first-order chi connectivity index (χ1) is 11.3. The van der Waals surface area contributed by atoms with Crippen molar-refractivity contribution in [2.45, 2.75) is 13.5 Å². The molecule has 0 bridgehead atoms. The number of carbonyl (C=O) groups is 1. The summed E-state index contributed by atoms with van der Waals surface area (Å²) < 4.78 is 0. The van der Waals surface area contributed by atoms with Gasteiger partial charge in [0.05, 0.1) is 6.54 Å². The molecule has 2 rings (SSSR count). The predicted octanol–water partition coefficient (Wildman–Crippen LogP) is 1.81. The summed E-state index contributed by atoms with van der Waals surface area (Å²) in [6.45, 7) is 5.36. The van der Waals surface area contributed by atoms with Crippen molar-refractivity contribution < 1.29 is 4.79 Å². The van der Waals surface area contributed by atoms with Gasteiger partial charge < -0.3 is 15.5 Å². The third-order valence-corrected chi connectivity index (χ3v) is 3.43. The minimum Gasteiger partial charge on any atom is -0.358 e. The molecule has 0 saturated heterocycles.